The lowest BCUT2D eigenvalue weighted by atomic mass is 9.92. The van der Waals surface area contributed by atoms with Gasteiger partial charge in [-0.3, -0.25) is 9.59 Å². The summed E-state index contributed by atoms with van der Waals surface area (Å²) in [7, 11) is 0. The van der Waals surface area contributed by atoms with Crippen LogP contribution in [0.25, 0.3) is 11.0 Å². The Morgan fingerprint density at radius 1 is 0.944 bits per heavy atom. The van der Waals surface area contributed by atoms with E-state index in [0.717, 1.165) is 18.9 Å². The number of H-pyrrole nitrogens is 1. The zero-order valence-electron chi connectivity index (χ0n) is 19.2. The molecule has 0 spiro atoms. The van der Waals surface area contributed by atoms with Crippen molar-refractivity contribution in [1.82, 2.24) is 25.2 Å². The summed E-state index contributed by atoms with van der Waals surface area (Å²) in [5.41, 5.74) is 1.90. The number of aromatic nitrogens is 3. The molecule has 190 valence electrons. The number of hydrogen-bond acceptors (Lipinski definition) is 6. The molecule has 0 saturated carbocycles. The number of para-hydroxylation sites is 2. The van der Waals surface area contributed by atoms with E-state index in [1.54, 1.807) is 23.1 Å². The largest absolute Gasteiger partial charge is 0.573 e. The van der Waals surface area contributed by atoms with Crippen LogP contribution in [-0.2, 0) is 4.79 Å². The molecule has 2 aliphatic rings. The van der Waals surface area contributed by atoms with Gasteiger partial charge in [0, 0.05) is 31.7 Å². The Balaban J connectivity index is 1.15. The lowest BCUT2D eigenvalue weighted by Crippen LogP contribution is -2.37. The van der Waals surface area contributed by atoms with Crippen LogP contribution in [0.1, 0.15) is 23.2 Å². The smallest absolute Gasteiger partial charge is 0.480 e. The van der Waals surface area contributed by atoms with E-state index in [-0.39, 0.29) is 36.0 Å². The Morgan fingerprint density at radius 2 is 1.61 bits per heavy atom. The van der Waals surface area contributed by atoms with Crippen LogP contribution in [-0.4, -0.2) is 76.2 Å². The predicted molar refractivity (Wildman–Crippen MR) is 121 cm³/mol. The number of carbonyl (C=O) groups excluding carboxylic acids is 2. The molecule has 12 heteroatoms. The summed E-state index contributed by atoms with van der Waals surface area (Å²) < 4.78 is 47.2. The number of aromatic amines is 1. The molecule has 0 unspecified atom stereocenters. The molecule has 5 rings (SSSR count). The van der Waals surface area contributed by atoms with Crippen molar-refractivity contribution in [2.24, 2.45) is 11.8 Å². The number of benzene rings is 2. The molecule has 2 amide bonds. The average molecular weight is 503 g/mol. The molecule has 3 heterocycles. The van der Waals surface area contributed by atoms with Crippen LogP contribution in [0.4, 0.5) is 13.2 Å². The minimum Gasteiger partial charge on any atom is -0.480 e. The Labute approximate surface area is 204 Å². The molecule has 9 nitrogen and oxygen atoms in total. The lowest BCUT2D eigenvalue weighted by Gasteiger charge is -2.23. The zero-order valence-corrected chi connectivity index (χ0v) is 19.2. The highest BCUT2D eigenvalue weighted by molar-refractivity contribution is 5.97. The number of halogens is 3. The quantitative estimate of drug-likeness (QED) is 0.574. The highest BCUT2D eigenvalue weighted by atomic mass is 19.4. The number of ether oxygens (including phenoxy) is 2. The number of fused-ring (bicyclic) bond motifs is 2. The van der Waals surface area contributed by atoms with Crippen LogP contribution in [0.2, 0.25) is 0 Å². The van der Waals surface area contributed by atoms with Crippen LogP contribution >= 0.6 is 0 Å². The van der Waals surface area contributed by atoms with Gasteiger partial charge in [0.2, 0.25) is 0 Å². The van der Waals surface area contributed by atoms with E-state index in [2.05, 4.69) is 20.1 Å². The SMILES string of the molecule is O=C(COc1ccccc1OC(F)(F)F)N1CC[C@@H]2CN(C(=O)c3ccc4n[nH]nc4c3)C[C@@H]2CC1. The van der Waals surface area contributed by atoms with Crippen LogP contribution in [0.5, 0.6) is 11.5 Å². The number of carbonyl (C=O) groups is 2. The normalized spacial score (nSPS) is 20.2. The number of nitrogens with zero attached hydrogens (tertiary/aromatic N) is 4. The van der Waals surface area contributed by atoms with Gasteiger partial charge in [0.15, 0.2) is 18.1 Å². The van der Waals surface area contributed by atoms with Gasteiger partial charge in [-0.25, -0.2) is 0 Å². The maximum Gasteiger partial charge on any atom is 0.573 e. The molecule has 3 aromatic rings. The molecule has 2 aromatic carbocycles. The average Bonchev–Trinajstić information content (AvgIpc) is 3.44. The van der Waals surface area contributed by atoms with Crippen LogP contribution in [0.3, 0.4) is 0 Å². The van der Waals surface area contributed by atoms with Crippen molar-refractivity contribution in [1.29, 1.82) is 0 Å². The van der Waals surface area contributed by atoms with Crippen LogP contribution in [0, 0.1) is 11.8 Å². The summed E-state index contributed by atoms with van der Waals surface area (Å²) in [5, 5.41) is 10.6. The molecule has 2 atom stereocenters. The number of nitrogens with one attached hydrogen (secondary N) is 1. The maximum atomic E-state index is 13.1. The molecule has 0 aliphatic carbocycles. The second kappa shape index (κ2) is 9.67. The van der Waals surface area contributed by atoms with E-state index < -0.39 is 12.1 Å². The van der Waals surface area contributed by atoms with Gasteiger partial charge in [0.25, 0.3) is 11.8 Å². The second-order valence-electron chi connectivity index (χ2n) is 9.00. The summed E-state index contributed by atoms with van der Waals surface area (Å²) in [6.07, 6.45) is -3.39. The fourth-order valence-corrected chi connectivity index (χ4v) is 4.93. The van der Waals surface area contributed by atoms with Gasteiger partial charge >= 0.3 is 6.36 Å². The van der Waals surface area contributed by atoms with Crippen molar-refractivity contribution in [3.05, 3.63) is 48.0 Å². The Kier molecular flexibility index (Phi) is 6.42. The summed E-state index contributed by atoms with van der Waals surface area (Å²) in [6.45, 7) is 1.83. The topological polar surface area (TPSA) is 101 Å². The van der Waals surface area contributed by atoms with Gasteiger partial charge in [0.1, 0.15) is 11.0 Å². The van der Waals surface area contributed by atoms with E-state index in [1.807, 2.05) is 4.90 Å². The summed E-state index contributed by atoms with van der Waals surface area (Å²) in [6, 6.07) is 10.6. The van der Waals surface area contributed by atoms with E-state index >= 15 is 0 Å². The highest BCUT2D eigenvalue weighted by Crippen LogP contribution is 2.34. The first-order valence-electron chi connectivity index (χ1n) is 11.6. The predicted octanol–water partition coefficient (Wildman–Crippen LogP) is 3.25. The Morgan fingerprint density at radius 3 is 2.31 bits per heavy atom. The van der Waals surface area contributed by atoms with Crippen molar-refractivity contribution in [2.75, 3.05) is 32.8 Å². The highest BCUT2D eigenvalue weighted by Gasteiger charge is 2.38. The minimum atomic E-state index is -4.86. The third kappa shape index (κ3) is 5.21. The van der Waals surface area contributed by atoms with E-state index in [9.17, 15) is 22.8 Å². The number of rotatable bonds is 5. The van der Waals surface area contributed by atoms with Crippen molar-refractivity contribution >= 4 is 22.8 Å². The molecule has 2 fully saturated rings. The van der Waals surface area contributed by atoms with Gasteiger partial charge in [0.05, 0.1) is 0 Å². The lowest BCUT2D eigenvalue weighted by molar-refractivity contribution is -0.275. The standard InChI is InChI=1S/C24H24F3N5O4/c25-24(26,27)36-21-4-2-1-3-20(21)35-14-22(33)31-9-7-16-12-32(13-17(16)8-10-31)23(34)15-5-6-18-19(11-15)29-30-28-18/h1-6,11,16-17H,7-10,12-14H2,(H,28,29,30)/t16-,17+. The minimum absolute atomic E-state index is 0.0472. The molecule has 2 aliphatic heterocycles. The van der Waals surface area contributed by atoms with Gasteiger partial charge in [-0.15, -0.1) is 13.2 Å². The first kappa shape index (κ1) is 23.9. The zero-order chi connectivity index (χ0) is 25.3. The van der Waals surface area contributed by atoms with Crippen LogP contribution in [0.15, 0.2) is 42.5 Å². The van der Waals surface area contributed by atoms with Crippen LogP contribution < -0.4 is 9.47 Å². The van der Waals surface area contributed by atoms with Crippen molar-refractivity contribution in [3.8, 4) is 11.5 Å². The fraction of sp³-hybridized carbons (Fsp3) is 0.417. The summed E-state index contributed by atoms with van der Waals surface area (Å²) >= 11 is 0. The molecular formula is C24H24F3N5O4. The van der Waals surface area contributed by atoms with Gasteiger partial charge in [-0.05, 0) is 55.0 Å². The first-order valence-corrected chi connectivity index (χ1v) is 11.6. The first-order chi connectivity index (χ1) is 17.3. The van der Waals surface area contributed by atoms with E-state index in [0.29, 0.717) is 42.8 Å². The molecule has 1 N–H and O–H groups in total. The third-order valence-electron chi connectivity index (χ3n) is 6.75. The van der Waals surface area contributed by atoms with Crippen molar-refractivity contribution in [2.45, 2.75) is 19.2 Å². The summed E-state index contributed by atoms with van der Waals surface area (Å²) in [4.78, 5) is 29.3. The molecule has 0 bridgehead atoms. The Hall–Kier alpha value is -3.83. The maximum absolute atomic E-state index is 13.1. The molecular weight excluding hydrogens is 479 g/mol. The van der Waals surface area contributed by atoms with E-state index in [1.165, 1.54) is 18.2 Å². The van der Waals surface area contributed by atoms with Crippen molar-refractivity contribution in [3.63, 3.8) is 0 Å². The monoisotopic (exact) mass is 503 g/mol. The molecule has 1 aromatic heterocycles. The van der Waals surface area contributed by atoms with Gasteiger partial charge in [-0.2, -0.15) is 15.4 Å². The van der Waals surface area contributed by atoms with Gasteiger partial charge in [-0.1, -0.05) is 12.1 Å². The number of hydrogen-bond donors (Lipinski definition) is 1. The number of alkyl halides is 3. The molecule has 0 radical (unpaired) electrons. The Bertz CT molecular complexity index is 1250. The number of amides is 2. The van der Waals surface area contributed by atoms with E-state index in [4.69, 9.17) is 4.74 Å². The molecule has 36 heavy (non-hydrogen) atoms. The number of likely N-dealkylation sites (tertiary alicyclic amines) is 2. The molecule has 2 saturated heterocycles. The van der Waals surface area contributed by atoms with Crippen molar-refractivity contribution < 1.29 is 32.2 Å². The second-order valence-corrected chi connectivity index (χ2v) is 9.00. The summed E-state index contributed by atoms with van der Waals surface area (Å²) in [5.74, 6) is -0.447. The third-order valence-corrected chi connectivity index (χ3v) is 6.75. The van der Waals surface area contributed by atoms with Gasteiger partial charge < -0.3 is 19.3 Å². The fourth-order valence-electron chi connectivity index (χ4n) is 4.93.